The average molecular weight is 305 g/mol. The summed E-state index contributed by atoms with van der Waals surface area (Å²) in [5.74, 6) is 2.00. The number of halogens is 4. The number of hydrogen-bond donors (Lipinski definition) is 1. The van der Waals surface area contributed by atoms with Gasteiger partial charge in [0.05, 0.1) is 0 Å². The van der Waals surface area contributed by atoms with Gasteiger partial charge in [-0.25, -0.2) is 0 Å². The molecule has 1 aromatic rings. The zero-order valence-electron chi connectivity index (χ0n) is 11.3. The molecule has 0 saturated carbocycles. The Bertz CT molecular complexity index is 488. The van der Waals surface area contributed by atoms with Crippen LogP contribution in [0.3, 0.4) is 0 Å². The van der Waals surface area contributed by atoms with Gasteiger partial charge in [-0.05, 0) is 13.0 Å². The third-order valence-electron chi connectivity index (χ3n) is 2.54. The molecule has 0 aromatic heterocycles. The van der Waals surface area contributed by atoms with Gasteiger partial charge in [0.2, 0.25) is 0 Å². The van der Waals surface area contributed by atoms with Crippen LogP contribution < -0.4 is 14.8 Å². The summed E-state index contributed by atoms with van der Waals surface area (Å²) in [4.78, 5) is 0. The van der Waals surface area contributed by atoms with E-state index in [-0.39, 0.29) is 24.1 Å². The molecule has 7 heteroatoms. The summed E-state index contributed by atoms with van der Waals surface area (Å²) in [6.45, 7) is -4.06. The first-order valence-electron chi connectivity index (χ1n) is 6.11. The molecule has 1 rings (SSSR count). The summed E-state index contributed by atoms with van der Waals surface area (Å²) in [5.41, 5.74) is 0.390. The Balaban J connectivity index is 2.83. The van der Waals surface area contributed by atoms with Crippen LogP contribution in [0.15, 0.2) is 18.2 Å². The van der Waals surface area contributed by atoms with E-state index in [9.17, 15) is 17.6 Å². The molecule has 21 heavy (non-hydrogen) atoms. The fourth-order valence-electron chi connectivity index (χ4n) is 1.60. The Kier molecular flexibility index (Phi) is 6.82. The zero-order valence-corrected chi connectivity index (χ0v) is 11.3. The zero-order chi connectivity index (χ0) is 15.8. The molecule has 1 aromatic carbocycles. The summed E-state index contributed by atoms with van der Waals surface area (Å²) < 4.78 is 57.4. The van der Waals surface area contributed by atoms with Gasteiger partial charge in [0, 0.05) is 30.6 Å². The van der Waals surface area contributed by atoms with Gasteiger partial charge >= 0.3 is 13.2 Å². The van der Waals surface area contributed by atoms with Gasteiger partial charge < -0.3 is 14.8 Å². The van der Waals surface area contributed by atoms with E-state index >= 15 is 0 Å². The second kappa shape index (κ2) is 8.37. The molecular weight excluding hydrogens is 290 g/mol. The van der Waals surface area contributed by atoms with E-state index in [1.165, 1.54) is 12.1 Å². The molecule has 0 saturated heterocycles. The molecule has 0 spiro atoms. The van der Waals surface area contributed by atoms with E-state index in [4.69, 9.17) is 6.42 Å². The van der Waals surface area contributed by atoms with Crippen molar-refractivity contribution in [2.24, 2.45) is 0 Å². The van der Waals surface area contributed by atoms with Gasteiger partial charge in [-0.2, -0.15) is 17.6 Å². The maximum atomic E-state index is 12.4. The average Bonchev–Trinajstić information content (AvgIpc) is 2.36. The van der Waals surface area contributed by atoms with E-state index in [1.54, 1.807) is 0 Å². The molecular formula is C14H15F4NO2. The largest absolute Gasteiger partial charge is 0.435 e. The van der Waals surface area contributed by atoms with Crippen LogP contribution >= 0.6 is 0 Å². The van der Waals surface area contributed by atoms with Crippen molar-refractivity contribution >= 4 is 0 Å². The first-order chi connectivity index (χ1) is 9.92. The van der Waals surface area contributed by atoms with E-state index in [2.05, 4.69) is 20.7 Å². The Morgan fingerprint density at radius 1 is 1.19 bits per heavy atom. The quantitative estimate of drug-likeness (QED) is 0.590. The molecule has 116 valence electrons. The summed E-state index contributed by atoms with van der Waals surface area (Å²) in [5, 5.41) is 3.02. The number of rotatable bonds is 8. The summed E-state index contributed by atoms with van der Waals surface area (Å²) in [6.07, 6.45) is 5.63. The third-order valence-corrected chi connectivity index (χ3v) is 2.54. The highest BCUT2D eigenvalue weighted by atomic mass is 19.3. The van der Waals surface area contributed by atoms with E-state index in [0.717, 1.165) is 6.07 Å². The molecule has 0 aliphatic carbocycles. The SMILES string of the molecule is C#CCC(C)NCc1ccc(OC(F)F)cc1OC(F)F. The summed E-state index contributed by atoms with van der Waals surface area (Å²) in [7, 11) is 0. The monoisotopic (exact) mass is 305 g/mol. The molecule has 3 nitrogen and oxygen atoms in total. The highest BCUT2D eigenvalue weighted by molar-refractivity contribution is 5.40. The highest BCUT2D eigenvalue weighted by Crippen LogP contribution is 2.27. The number of ether oxygens (including phenoxy) is 2. The van der Waals surface area contributed by atoms with Crippen molar-refractivity contribution in [1.82, 2.24) is 5.32 Å². The lowest BCUT2D eigenvalue weighted by molar-refractivity contribution is -0.0546. The molecule has 0 aliphatic heterocycles. The fourth-order valence-corrected chi connectivity index (χ4v) is 1.60. The van der Waals surface area contributed by atoms with Gasteiger partial charge in [0.1, 0.15) is 11.5 Å². The van der Waals surface area contributed by atoms with Crippen LogP contribution in [0.25, 0.3) is 0 Å². The standard InChI is InChI=1S/C14H15F4NO2/c1-3-4-9(2)19-8-10-5-6-11(20-13(15)16)7-12(10)21-14(17)18/h1,5-7,9,13-14,19H,4,8H2,2H3. The van der Waals surface area contributed by atoms with E-state index in [1.807, 2.05) is 6.92 Å². The normalized spacial score (nSPS) is 12.3. The van der Waals surface area contributed by atoms with Gasteiger partial charge in [0.25, 0.3) is 0 Å². The van der Waals surface area contributed by atoms with E-state index < -0.39 is 13.2 Å². The smallest absolute Gasteiger partial charge is 0.387 e. The number of hydrogen-bond acceptors (Lipinski definition) is 3. The number of alkyl halides is 4. The maximum Gasteiger partial charge on any atom is 0.387 e. The summed E-state index contributed by atoms with van der Waals surface area (Å²) >= 11 is 0. The minimum absolute atomic E-state index is 0.0219. The lowest BCUT2D eigenvalue weighted by Crippen LogP contribution is -2.25. The molecule has 0 radical (unpaired) electrons. The first-order valence-corrected chi connectivity index (χ1v) is 6.11. The van der Waals surface area contributed by atoms with Crippen LogP contribution in [-0.2, 0) is 6.54 Å². The lowest BCUT2D eigenvalue weighted by Gasteiger charge is -2.15. The Morgan fingerprint density at radius 3 is 2.43 bits per heavy atom. The highest BCUT2D eigenvalue weighted by Gasteiger charge is 2.13. The second-order valence-electron chi connectivity index (χ2n) is 4.22. The predicted molar refractivity (Wildman–Crippen MR) is 69.5 cm³/mol. The van der Waals surface area contributed by atoms with Crippen molar-refractivity contribution in [3.8, 4) is 23.8 Å². The van der Waals surface area contributed by atoms with Crippen LogP contribution in [0.2, 0.25) is 0 Å². The van der Waals surface area contributed by atoms with Gasteiger partial charge in [-0.3, -0.25) is 0 Å². The Labute approximate surface area is 120 Å². The van der Waals surface area contributed by atoms with Crippen LogP contribution in [0.5, 0.6) is 11.5 Å². The topological polar surface area (TPSA) is 30.5 Å². The molecule has 0 amide bonds. The predicted octanol–water partition coefficient (Wildman–Crippen LogP) is 3.39. The first kappa shape index (κ1) is 17.1. The lowest BCUT2D eigenvalue weighted by atomic mass is 10.1. The van der Waals surface area contributed by atoms with E-state index in [0.29, 0.717) is 12.0 Å². The van der Waals surface area contributed by atoms with Gasteiger partial charge in [-0.15, -0.1) is 12.3 Å². The van der Waals surface area contributed by atoms with Crippen molar-refractivity contribution in [3.63, 3.8) is 0 Å². The van der Waals surface area contributed by atoms with Crippen LogP contribution in [-0.4, -0.2) is 19.3 Å². The van der Waals surface area contributed by atoms with Crippen LogP contribution in [0.1, 0.15) is 18.9 Å². The van der Waals surface area contributed by atoms with Crippen LogP contribution in [0.4, 0.5) is 17.6 Å². The minimum atomic E-state index is -3.06. The van der Waals surface area contributed by atoms with Crippen molar-refractivity contribution in [1.29, 1.82) is 0 Å². The summed E-state index contributed by atoms with van der Waals surface area (Å²) in [6, 6.07) is 3.62. The fraction of sp³-hybridized carbons (Fsp3) is 0.429. The van der Waals surface area contributed by atoms with Crippen molar-refractivity contribution < 1.29 is 27.0 Å². The Morgan fingerprint density at radius 2 is 1.86 bits per heavy atom. The minimum Gasteiger partial charge on any atom is -0.435 e. The van der Waals surface area contributed by atoms with Crippen molar-refractivity contribution in [3.05, 3.63) is 23.8 Å². The molecule has 0 heterocycles. The Hall–Kier alpha value is -1.94. The number of benzene rings is 1. The second-order valence-corrected chi connectivity index (χ2v) is 4.22. The van der Waals surface area contributed by atoms with Crippen molar-refractivity contribution in [2.45, 2.75) is 39.2 Å². The molecule has 1 N–H and O–H groups in total. The third kappa shape index (κ3) is 6.36. The maximum absolute atomic E-state index is 12.4. The van der Waals surface area contributed by atoms with Gasteiger partial charge in [0.15, 0.2) is 0 Å². The van der Waals surface area contributed by atoms with Crippen LogP contribution in [0, 0.1) is 12.3 Å². The molecule has 1 unspecified atom stereocenters. The number of terminal acetylenes is 1. The molecule has 1 atom stereocenters. The van der Waals surface area contributed by atoms with Gasteiger partial charge in [-0.1, -0.05) is 6.07 Å². The molecule has 0 bridgehead atoms. The molecule has 0 aliphatic rings. The number of nitrogens with one attached hydrogen (secondary N) is 1. The molecule has 0 fully saturated rings. The van der Waals surface area contributed by atoms with Crippen molar-refractivity contribution in [2.75, 3.05) is 0 Å².